The summed E-state index contributed by atoms with van der Waals surface area (Å²) < 4.78 is 42.2. The van der Waals surface area contributed by atoms with Crippen molar-refractivity contribution in [3.05, 3.63) is 23.9 Å². The molecule has 3 nitrogen and oxygen atoms in total. The van der Waals surface area contributed by atoms with E-state index >= 15 is 0 Å². The summed E-state index contributed by atoms with van der Waals surface area (Å²) in [7, 11) is 1.64. The van der Waals surface area contributed by atoms with Crippen LogP contribution in [0.5, 0.6) is 0 Å². The number of nitrogens with zero attached hydrogens (tertiary/aromatic N) is 1. The molecule has 0 saturated heterocycles. The molecule has 0 aromatic carbocycles. The van der Waals surface area contributed by atoms with Crippen LogP contribution in [0.4, 0.5) is 19.0 Å². The maximum atomic E-state index is 12.4. The van der Waals surface area contributed by atoms with Gasteiger partial charge in [-0.1, -0.05) is 0 Å². The predicted octanol–water partition coefficient (Wildman–Crippen LogP) is 3.33. The van der Waals surface area contributed by atoms with Gasteiger partial charge >= 0.3 is 6.18 Å². The van der Waals surface area contributed by atoms with Gasteiger partial charge in [0.2, 0.25) is 0 Å². The van der Waals surface area contributed by atoms with Gasteiger partial charge in [-0.3, -0.25) is 0 Å². The molecule has 6 heteroatoms. The van der Waals surface area contributed by atoms with E-state index in [1.54, 1.807) is 7.11 Å². The van der Waals surface area contributed by atoms with Gasteiger partial charge in [0.1, 0.15) is 5.82 Å². The predicted molar refractivity (Wildman–Crippen MR) is 63.5 cm³/mol. The van der Waals surface area contributed by atoms with Crippen LogP contribution in [0, 0.1) is 0 Å². The van der Waals surface area contributed by atoms with Crippen molar-refractivity contribution in [3.8, 4) is 0 Å². The number of halogens is 3. The van der Waals surface area contributed by atoms with E-state index in [2.05, 4.69) is 10.3 Å². The lowest BCUT2D eigenvalue weighted by atomic mass is 10.2. The van der Waals surface area contributed by atoms with Crippen molar-refractivity contribution in [1.29, 1.82) is 0 Å². The zero-order chi connectivity index (χ0) is 13.4. The highest BCUT2D eigenvalue weighted by Gasteiger charge is 2.30. The minimum Gasteiger partial charge on any atom is -0.385 e. The lowest BCUT2D eigenvalue weighted by molar-refractivity contribution is -0.137. The fourth-order valence-electron chi connectivity index (χ4n) is 1.47. The first-order chi connectivity index (χ1) is 8.54. The summed E-state index contributed by atoms with van der Waals surface area (Å²) in [5.74, 6) is 0.261. The minimum absolute atomic E-state index is 0.261. The van der Waals surface area contributed by atoms with Gasteiger partial charge in [-0.2, -0.15) is 13.2 Å². The van der Waals surface area contributed by atoms with E-state index in [9.17, 15) is 13.2 Å². The Bertz CT molecular complexity index is 355. The molecule has 1 rings (SSSR count). The third-order valence-electron chi connectivity index (χ3n) is 2.42. The van der Waals surface area contributed by atoms with E-state index in [0.717, 1.165) is 37.6 Å². The van der Waals surface area contributed by atoms with Crippen molar-refractivity contribution in [1.82, 2.24) is 4.98 Å². The van der Waals surface area contributed by atoms with E-state index in [1.165, 1.54) is 0 Å². The molecule has 0 saturated carbocycles. The number of anilines is 1. The highest BCUT2D eigenvalue weighted by Crippen LogP contribution is 2.29. The summed E-state index contributed by atoms with van der Waals surface area (Å²) >= 11 is 0. The molecule has 1 N–H and O–H groups in total. The fraction of sp³-hybridized carbons (Fsp3) is 0.583. The SMILES string of the molecule is COCCCCCNc1cc(C(F)(F)F)ccn1. The largest absolute Gasteiger partial charge is 0.416 e. The molecular formula is C12H17F3N2O. The molecule has 0 aliphatic carbocycles. The topological polar surface area (TPSA) is 34.1 Å². The molecule has 0 aliphatic heterocycles. The standard InChI is InChI=1S/C12H17F3N2O/c1-18-8-4-2-3-6-16-11-9-10(5-7-17-11)12(13,14)15/h5,7,9H,2-4,6,8H2,1H3,(H,16,17). The Hall–Kier alpha value is -1.30. The Morgan fingerprint density at radius 1 is 1.28 bits per heavy atom. The van der Waals surface area contributed by atoms with Gasteiger partial charge in [-0.15, -0.1) is 0 Å². The number of aromatic nitrogens is 1. The van der Waals surface area contributed by atoms with Crippen molar-refractivity contribution in [3.63, 3.8) is 0 Å². The summed E-state index contributed by atoms with van der Waals surface area (Å²) in [6.45, 7) is 1.32. The van der Waals surface area contributed by atoms with Crippen LogP contribution >= 0.6 is 0 Å². The van der Waals surface area contributed by atoms with Crippen LogP contribution in [0.3, 0.4) is 0 Å². The number of nitrogens with one attached hydrogen (secondary N) is 1. The number of pyridine rings is 1. The monoisotopic (exact) mass is 262 g/mol. The lowest BCUT2D eigenvalue weighted by Gasteiger charge is -2.09. The molecule has 18 heavy (non-hydrogen) atoms. The molecule has 0 aliphatic rings. The number of unbranched alkanes of at least 4 members (excludes halogenated alkanes) is 2. The fourth-order valence-corrected chi connectivity index (χ4v) is 1.47. The Morgan fingerprint density at radius 3 is 2.72 bits per heavy atom. The van der Waals surface area contributed by atoms with E-state index in [0.29, 0.717) is 13.2 Å². The lowest BCUT2D eigenvalue weighted by Crippen LogP contribution is -2.08. The van der Waals surface area contributed by atoms with Crippen LogP contribution in [-0.4, -0.2) is 25.2 Å². The molecular weight excluding hydrogens is 245 g/mol. The second-order valence-electron chi connectivity index (χ2n) is 3.91. The normalized spacial score (nSPS) is 11.6. The van der Waals surface area contributed by atoms with Crippen molar-refractivity contribution in [2.24, 2.45) is 0 Å². The number of ether oxygens (including phenoxy) is 1. The van der Waals surface area contributed by atoms with Crippen LogP contribution < -0.4 is 5.32 Å². The van der Waals surface area contributed by atoms with Crippen LogP contribution in [0.1, 0.15) is 24.8 Å². The Kier molecular flexibility index (Phi) is 5.91. The summed E-state index contributed by atoms with van der Waals surface area (Å²) in [5, 5.41) is 2.88. The molecule has 0 atom stereocenters. The second kappa shape index (κ2) is 7.20. The van der Waals surface area contributed by atoms with Gasteiger partial charge in [-0.05, 0) is 31.4 Å². The summed E-state index contributed by atoms with van der Waals surface area (Å²) in [4.78, 5) is 3.85. The number of hydrogen-bond acceptors (Lipinski definition) is 3. The number of alkyl halides is 3. The average molecular weight is 262 g/mol. The van der Waals surface area contributed by atoms with Crippen LogP contribution in [-0.2, 0) is 10.9 Å². The summed E-state index contributed by atoms with van der Waals surface area (Å²) in [5.41, 5.74) is -0.681. The van der Waals surface area contributed by atoms with Gasteiger partial charge in [0.25, 0.3) is 0 Å². The third kappa shape index (κ3) is 5.35. The smallest absolute Gasteiger partial charge is 0.385 e. The van der Waals surface area contributed by atoms with Gasteiger partial charge in [0.05, 0.1) is 5.56 Å². The van der Waals surface area contributed by atoms with Gasteiger partial charge in [-0.25, -0.2) is 4.98 Å². The highest BCUT2D eigenvalue weighted by molar-refractivity contribution is 5.38. The van der Waals surface area contributed by atoms with Crippen molar-refractivity contribution < 1.29 is 17.9 Å². The Labute approximate surface area is 104 Å². The maximum Gasteiger partial charge on any atom is 0.416 e. The summed E-state index contributed by atoms with van der Waals surface area (Å²) in [6.07, 6.45) is -0.358. The quantitative estimate of drug-likeness (QED) is 0.765. The molecule has 102 valence electrons. The first-order valence-electron chi connectivity index (χ1n) is 5.80. The number of methoxy groups -OCH3 is 1. The maximum absolute atomic E-state index is 12.4. The van der Waals surface area contributed by atoms with Crippen LogP contribution in [0.2, 0.25) is 0 Å². The van der Waals surface area contributed by atoms with Gasteiger partial charge in [0.15, 0.2) is 0 Å². The molecule has 0 spiro atoms. The molecule has 1 aromatic heterocycles. The Morgan fingerprint density at radius 2 is 2.06 bits per heavy atom. The second-order valence-corrected chi connectivity index (χ2v) is 3.91. The van der Waals surface area contributed by atoms with E-state index in [-0.39, 0.29) is 5.82 Å². The first-order valence-corrected chi connectivity index (χ1v) is 5.80. The zero-order valence-corrected chi connectivity index (χ0v) is 10.3. The highest BCUT2D eigenvalue weighted by atomic mass is 19.4. The van der Waals surface area contributed by atoms with E-state index < -0.39 is 11.7 Å². The number of rotatable bonds is 7. The van der Waals surface area contributed by atoms with Crippen LogP contribution in [0.25, 0.3) is 0 Å². The van der Waals surface area contributed by atoms with Gasteiger partial charge < -0.3 is 10.1 Å². The first kappa shape index (κ1) is 14.8. The van der Waals surface area contributed by atoms with Crippen LogP contribution in [0.15, 0.2) is 18.3 Å². The van der Waals surface area contributed by atoms with Gasteiger partial charge in [0, 0.05) is 26.5 Å². The minimum atomic E-state index is -4.32. The van der Waals surface area contributed by atoms with Crippen molar-refractivity contribution in [2.75, 3.05) is 25.6 Å². The van der Waals surface area contributed by atoms with E-state index in [4.69, 9.17) is 4.74 Å². The van der Waals surface area contributed by atoms with Crippen molar-refractivity contribution in [2.45, 2.75) is 25.4 Å². The Balaban J connectivity index is 2.34. The molecule has 0 fully saturated rings. The molecule has 1 aromatic rings. The number of hydrogen-bond donors (Lipinski definition) is 1. The molecule has 0 unspecified atom stereocenters. The third-order valence-corrected chi connectivity index (χ3v) is 2.42. The molecule has 1 heterocycles. The average Bonchev–Trinajstić information content (AvgIpc) is 2.33. The molecule has 0 radical (unpaired) electrons. The van der Waals surface area contributed by atoms with E-state index in [1.807, 2.05) is 0 Å². The molecule has 0 amide bonds. The van der Waals surface area contributed by atoms with Crippen molar-refractivity contribution >= 4 is 5.82 Å². The summed E-state index contributed by atoms with van der Waals surface area (Å²) in [6, 6.07) is 1.99. The molecule has 0 bridgehead atoms. The zero-order valence-electron chi connectivity index (χ0n) is 10.3.